The predicted molar refractivity (Wildman–Crippen MR) is 100 cm³/mol. The maximum absolute atomic E-state index is 14.1. The molecule has 0 aliphatic heterocycles. The second-order valence-electron chi connectivity index (χ2n) is 6.13. The summed E-state index contributed by atoms with van der Waals surface area (Å²) in [6.07, 6.45) is 2.90. The van der Waals surface area contributed by atoms with Crippen molar-refractivity contribution in [2.45, 2.75) is 10.9 Å². The molecule has 4 nitrogen and oxygen atoms in total. The zero-order valence-electron chi connectivity index (χ0n) is 14.6. The number of alkyl halides is 1. The molecule has 2 aromatic carbocycles. The van der Waals surface area contributed by atoms with Gasteiger partial charge < -0.3 is 9.88 Å². The van der Waals surface area contributed by atoms with E-state index in [0.29, 0.717) is 5.39 Å². The SMILES string of the molecule is Cn1ccc2c(C(CF)Nc3ccc(F)cc3S(C)=O)cc(F)cc2c1=O. The lowest BCUT2D eigenvalue weighted by Crippen LogP contribution is -2.19. The summed E-state index contributed by atoms with van der Waals surface area (Å²) in [6.45, 7) is -0.916. The number of rotatable bonds is 5. The lowest BCUT2D eigenvalue weighted by Gasteiger charge is -2.21. The lowest BCUT2D eigenvalue weighted by atomic mass is 9.99. The van der Waals surface area contributed by atoms with Crippen LogP contribution in [0.1, 0.15) is 11.6 Å². The molecule has 8 heteroatoms. The van der Waals surface area contributed by atoms with Crippen LogP contribution in [0.5, 0.6) is 0 Å². The standard InChI is InChI=1S/C19H17F3N2O2S/c1-24-6-5-13-14(7-12(22)8-15(13)19(24)25)17(10-20)23-16-4-3-11(21)9-18(16)27(2)26/h3-9,17,23H,10H2,1-2H3. The van der Waals surface area contributed by atoms with Gasteiger partial charge in [0.2, 0.25) is 0 Å². The smallest absolute Gasteiger partial charge is 0.258 e. The highest BCUT2D eigenvalue weighted by molar-refractivity contribution is 7.84. The number of aromatic nitrogens is 1. The molecule has 1 heterocycles. The number of hydrogen-bond acceptors (Lipinski definition) is 3. The number of anilines is 1. The van der Waals surface area contributed by atoms with Gasteiger partial charge in [0.05, 0.1) is 32.8 Å². The van der Waals surface area contributed by atoms with Crippen LogP contribution in [0.3, 0.4) is 0 Å². The molecule has 0 spiro atoms. The number of nitrogens with zero attached hydrogens (tertiary/aromatic N) is 1. The Labute approximate surface area is 156 Å². The van der Waals surface area contributed by atoms with Gasteiger partial charge in [-0.1, -0.05) is 0 Å². The Bertz CT molecular complexity index is 1100. The molecule has 0 saturated heterocycles. The molecule has 3 aromatic rings. The van der Waals surface area contributed by atoms with E-state index in [0.717, 1.165) is 24.3 Å². The van der Waals surface area contributed by atoms with Gasteiger partial charge >= 0.3 is 0 Å². The van der Waals surface area contributed by atoms with E-state index in [1.165, 1.54) is 23.1 Å². The van der Waals surface area contributed by atoms with Crippen LogP contribution >= 0.6 is 0 Å². The van der Waals surface area contributed by atoms with Gasteiger partial charge in [-0.25, -0.2) is 13.2 Å². The molecule has 0 aliphatic rings. The van der Waals surface area contributed by atoms with E-state index in [1.807, 2.05) is 0 Å². The average Bonchev–Trinajstić information content (AvgIpc) is 2.63. The van der Waals surface area contributed by atoms with Gasteiger partial charge in [0.25, 0.3) is 5.56 Å². The van der Waals surface area contributed by atoms with Crippen molar-refractivity contribution in [3.63, 3.8) is 0 Å². The van der Waals surface area contributed by atoms with Gasteiger partial charge in [-0.05, 0) is 47.3 Å². The molecule has 27 heavy (non-hydrogen) atoms. The van der Waals surface area contributed by atoms with E-state index >= 15 is 0 Å². The molecule has 2 unspecified atom stereocenters. The molecule has 0 amide bonds. The fraction of sp³-hybridized carbons (Fsp3) is 0.211. The zero-order chi connectivity index (χ0) is 19.7. The Morgan fingerprint density at radius 3 is 2.52 bits per heavy atom. The molecular formula is C19H17F3N2O2S. The highest BCUT2D eigenvalue weighted by Crippen LogP contribution is 2.30. The Kier molecular flexibility index (Phi) is 5.36. The molecule has 1 N–H and O–H groups in total. The van der Waals surface area contributed by atoms with Crippen LogP contribution < -0.4 is 10.9 Å². The van der Waals surface area contributed by atoms with E-state index in [4.69, 9.17) is 0 Å². The molecule has 0 fully saturated rings. The maximum Gasteiger partial charge on any atom is 0.258 e. The van der Waals surface area contributed by atoms with E-state index in [1.54, 1.807) is 13.1 Å². The average molecular weight is 394 g/mol. The summed E-state index contributed by atoms with van der Waals surface area (Å²) in [7, 11) is 0.0241. The fourth-order valence-electron chi connectivity index (χ4n) is 2.97. The number of nitrogens with one attached hydrogen (secondary N) is 1. The van der Waals surface area contributed by atoms with E-state index in [-0.39, 0.29) is 21.5 Å². The van der Waals surface area contributed by atoms with Gasteiger partial charge in [0, 0.05) is 19.5 Å². The van der Waals surface area contributed by atoms with Gasteiger partial charge in [-0.2, -0.15) is 0 Å². The van der Waals surface area contributed by atoms with Crippen LogP contribution in [-0.2, 0) is 17.8 Å². The summed E-state index contributed by atoms with van der Waals surface area (Å²) in [5.74, 6) is -1.23. The van der Waals surface area contributed by atoms with Crippen LogP contribution in [0.15, 0.2) is 52.3 Å². The minimum Gasteiger partial charge on any atom is -0.375 e. The molecule has 0 bridgehead atoms. The second kappa shape index (κ2) is 7.56. The Morgan fingerprint density at radius 1 is 1.11 bits per heavy atom. The predicted octanol–water partition coefficient (Wildman–Crippen LogP) is 3.68. The van der Waals surface area contributed by atoms with Gasteiger partial charge in [0.15, 0.2) is 0 Å². The second-order valence-corrected chi connectivity index (χ2v) is 7.48. The zero-order valence-corrected chi connectivity index (χ0v) is 15.4. The third kappa shape index (κ3) is 3.75. The molecular weight excluding hydrogens is 377 g/mol. The Hall–Kier alpha value is -2.61. The van der Waals surface area contributed by atoms with Crippen molar-refractivity contribution in [3.8, 4) is 0 Å². The molecule has 0 saturated carbocycles. The monoisotopic (exact) mass is 394 g/mol. The fourth-order valence-corrected chi connectivity index (χ4v) is 3.69. The highest BCUT2D eigenvalue weighted by atomic mass is 32.2. The number of pyridine rings is 1. The first-order valence-electron chi connectivity index (χ1n) is 8.06. The normalized spacial score (nSPS) is 13.5. The summed E-state index contributed by atoms with van der Waals surface area (Å²) in [4.78, 5) is 12.5. The van der Waals surface area contributed by atoms with Gasteiger partial charge in [-0.3, -0.25) is 9.00 Å². The number of halogens is 3. The summed E-state index contributed by atoms with van der Waals surface area (Å²) in [5, 5.41) is 3.41. The third-order valence-electron chi connectivity index (χ3n) is 4.31. The van der Waals surface area contributed by atoms with Crippen molar-refractivity contribution in [2.24, 2.45) is 7.05 Å². The molecule has 0 radical (unpaired) electrons. The summed E-state index contributed by atoms with van der Waals surface area (Å²) < 4.78 is 54.6. The van der Waals surface area contributed by atoms with E-state index in [2.05, 4.69) is 5.32 Å². The van der Waals surface area contributed by atoms with E-state index < -0.39 is 40.7 Å². The van der Waals surface area contributed by atoms with E-state index in [9.17, 15) is 22.2 Å². The minimum atomic E-state index is -1.52. The summed E-state index contributed by atoms with van der Waals surface area (Å²) >= 11 is 0. The van der Waals surface area contributed by atoms with Crippen molar-refractivity contribution >= 4 is 27.3 Å². The van der Waals surface area contributed by atoms with Crippen LogP contribution in [0.2, 0.25) is 0 Å². The third-order valence-corrected chi connectivity index (χ3v) is 5.26. The van der Waals surface area contributed by atoms with Crippen molar-refractivity contribution in [1.82, 2.24) is 4.57 Å². The van der Waals surface area contributed by atoms with Crippen molar-refractivity contribution in [3.05, 3.63) is 70.1 Å². The summed E-state index contributed by atoms with van der Waals surface area (Å²) in [5.41, 5.74) is 0.131. The molecule has 0 aliphatic carbocycles. The molecule has 142 valence electrons. The Morgan fingerprint density at radius 2 is 1.85 bits per heavy atom. The largest absolute Gasteiger partial charge is 0.375 e. The molecule has 3 rings (SSSR count). The summed E-state index contributed by atoms with van der Waals surface area (Å²) in [6, 6.07) is 6.49. The number of aryl methyl sites for hydroxylation is 1. The van der Waals surface area contributed by atoms with Crippen molar-refractivity contribution in [1.29, 1.82) is 0 Å². The number of fused-ring (bicyclic) bond motifs is 1. The first kappa shape index (κ1) is 19.2. The van der Waals surface area contributed by atoms with Crippen LogP contribution in [0.25, 0.3) is 10.8 Å². The van der Waals surface area contributed by atoms with Crippen LogP contribution in [0.4, 0.5) is 18.9 Å². The minimum absolute atomic E-state index is 0.133. The topological polar surface area (TPSA) is 51.1 Å². The highest BCUT2D eigenvalue weighted by Gasteiger charge is 2.19. The van der Waals surface area contributed by atoms with Crippen LogP contribution in [-0.4, -0.2) is 21.7 Å². The van der Waals surface area contributed by atoms with Crippen molar-refractivity contribution in [2.75, 3.05) is 18.2 Å². The first-order valence-corrected chi connectivity index (χ1v) is 9.62. The van der Waals surface area contributed by atoms with Crippen LogP contribution in [0, 0.1) is 11.6 Å². The van der Waals surface area contributed by atoms with Gasteiger partial charge in [0.1, 0.15) is 18.3 Å². The maximum atomic E-state index is 14.1. The van der Waals surface area contributed by atoms with Gasteiger partial charge in [-0.15, -0.1) is 0 Å². The molecule has 2 atom stereocenters. The lowest BCUT2D eigenvalue weighted by molar-refractivity contribution is 0.452. The number of benzene rings is 2. The first-order chi connectivity index (χ1) is 12.8. The quantitative estimate of drug-likeness (QED) is 0.718. The number of hydrogen-bond donors (Lipinski definition) is 1. The van der Waals surface area contributed by atoms with Crippen molar-refractivity contribution < 1.29 is 17.4 Å². The molecule has 1 aromatic heterocycles. The Balaban J connectivity index is 2.14.